The largest absolute Gasteiger partial charge is 0.488 e. The Morgan fingerprint density at radius 2 is 1.51 bits per heavy atom. The summed E-state index contributed by atoms with van der Waals surface area (Å²) in [5, 5.41) is 0. The third-order valence-corrected chi connectivity index (χ3v) is 8.55. The highest BCUT2D eigenvalue weighted by Crippen LogP contribution is 2.30. The molecule has 0 aliphatic heterocycles. The molecule has 0 N–H and O–H groups in total. The van der Waals surface area contributed by atoms with Crippen molar-refractivity contribution in [1.29, 1.82) is 0 Å². The van der Waals surface area contributed by atoms with E-state index in [9.17, 15) is 35.8 Å². The number of aryl methyl sites for hydroxylation is 1. The summed E-state index contributed by atoms with van der Waals surface area (Å²) in [4.78, 5) is 32.3. The number of pyridine rings is 1. The minimum Gasteiger partial charge on any atom is -0.488 e. The summed E-state index contributed by atoms with van der Waals surface area (Å²) in [5.41, 5.74) is 2.54. The highest BCUT2D eigenvalue weighted by molar-refractivity contribution is 7.82. The number of hydrogen-bond donors (Lipinski definition) is 0. The van der Waals surface area contributed by atoms with Crippen molar-refractivity contribution in [1.82, 2.24) is 14.2 Å². The van der Waals surface area contributed by atoms with Crippen molar-refractivity contribution >= 4 is 28.5 Å². The number of benzene rings is 3. The van der Waals surface area contributed by atoms with Gasteiger partial charge in [0.15, 0.2) is 23.3 Å². The highest BCUT2D eigenvalue weighted by Gasteiger charge is 2.33. The van der Waals surface area contributed by atoms with E-state index in [1.54, 1.807) is 32.4 Å². The Hall–Kier alpha value is -4.69. The lowest BCUT2D eigenvalue weighted by Gasteiger charge is -2.27. The van der Waals surface area contributed by atoms with Crippen molar-refractivity contribution in [3.8, 4) is 5.75 Å². The SMILES string of the molecule is CCN(CC(=O)N(Cc1ccc(C)cn1)c1ccc(C(=O)N(C)C)c(OCc2ccccc2)c1)S(=O)c1c(F)c(F)c(F)c(F)c1F. The third kappa shape index (κ3) is 8.00. The van der Waals surface area contributed by atoms with Crippen LogP contribution in [0.1, 0.15) is 34.1 Å². The monoisotopic (exact) mass is 674 g/mol. The molecule has 8 nitrogen and oxygen atoms in total. The molecule has 1 unspecified atom stereocenters. The van der Waals surface area contributed by atoms with E-state index in [1.165, 1.54) is 34.9 Å². The Labute approximate surface area is 271 Å². The summed E-state index contributed by atoms with van der Waals surface area (Å²) in [5.74, 6) is -12.4. The Morgan fingerprint density at radius 1 is 0.872 bits per heavy atom. The van der Waals surface area contributed by atoms with Crippen molar-refractivity contribution in [2.45, 2.75) is 31.9 Å². The second-order valence-electron chi connectivity index (χ2n) is 10.6. The van der Waals surface area contributed by atoms with Crippen LogP contribution in [0.4, 0.5) is 27.6 Å². The molecule has 0 spiro atoms. The fourth-order valence-electron chi connectivity index (χ4n) is 4.42. The number of anilines is 1. The highest BCUT2D eigenvalue weighted by atomic mass is 32.2. The first-order valence-corrected chi connectivity index (χ1v) is 15.4. The lowest BCUT2D eigenvalue weighted by atomic mass is 10.1. The summed E-state index contributed by atoms with van der Waals surface area (Å²) in [7, 11) is 0.178. The normalized spacial score (nSPS) is 11.8. The van der Waals surface area contributed by atoms with Gasteiger partial charge in [-0.2, -0.15) is 0 Å². The van der Waals surface area contributed by atoms with Crippen LogP contribution in [-0.4, -0.2) is 57.4 Å². The van der Waals surface area contributed by atoms with E-state index >= 15 is 0 Å². The molecule has 4 rings (SSSR count). The van der Waals surface area contributed by atoms with Crippen LogP contribution in [-0.2, 0) is 28.9 Å². The van der Waals surface area contributed by atoms with Crippen molar-refractivity contribution in [2.24, 2.45) is 0 Å². The molecule has 0 saturated carbocycles. The predicted octanol–water partition coefficient (Wildman–Crippen LogP) is 5.94. The van der Waals surface area contributed by atoms with Gasteiger partial charge in [0.2, 0.25) is 11.7 Å². The van der Waals surface area contributed by atoms with Gasteiger partial charge in [-0.15, -0.1) is 0 Å². The molecule has 0 bridgehead atoms. The molecule has 0 aliphatic rings. The fourth-order valence-corrected chi connectivity index (χ4v) is 5.63. The quantitative estimate of drug-likeness (QED) is 0.106. The number of ether oxygens (including phenoxy) is 1. The molecule has 14 heteroatoms. The molecule has 2 amide bonds. The van der Waals surface area contributed by atoms with Gasteiger partial charge in [-0.25, -0.2) is 30.5 Å². The van der Waals surface area contributed by atoms with Crippen LogP contribution in [0.5, 0.6) is 5.75 Å². The predicted molar refractivity (Wildman–Crippen MR) is 165 cm³/mol. The van der Waals surface area contributed by atoms with E-state index < -0.39 is 57.4 Å². The minimum atomic E-state index is -2.96. The van der Waals surface area contributed by atoms with Gasteiger partial charge in [0.25, 0.3) is 5.91 Å². The molecule has 0 radical (unpaired) electrons. The van der Waals surface area contributed by atoms with Crippen LogP contribution in [0.25, 0.3) is 0 Å². The lowest BCUT2D eigenvalue weighted by Crippen LogP contribution is -2.41. The molecule has 0 fully saturated rings. The number of rotatable bonds is 12. The summed E-state index contributed by atoms with van der Waals surface area (Å²) in [6.07, 6.45) is 1.59. The topological polar surface area (TPSA) is 83.1 Å². The number of carbonyl (C=O) groups is 2. The number of aromatic nitrogens is 1. The Bertz CT molecular complexity index is 1760. The van der Waals surface area contributed by atoms with E-state index in [2.05, 4.69) is 4.98 Å². The van der Waals surface area contributed by atoms with Crippen LogP contribution in [0.2, 0.25) is 0 Å². The molecule has 0 saturated heterocycles. The van der Waals surface area contributed by atoms with E-state index in [-0.39, 0.29) is 42.6 Å². The molecule has 1 aromatic heterocycles. The van der Waals surface area contributed by atoms with Crippen LogP contribution in [0.15, 0.2) is 71.8 Å². The van der Waals surface area contributed by atoms with Gasteiger partial charge in [0.05, 0.1) is 24.3 Å². The second-order valence-corrected chi connectivity index (χ2v) is 12.0. The smallest absolute Gasteiger partial charge is 0.257 e. The first kappa shape index (κ1) is 35.2. The zero-order valence-corrected chi connectivity index (χ0v) is 26.7. The molecule has 3 aromatic carbocycles. The van der Waals surface area contributed by atoms with Gasteiger partial charge in [0, 0.05) is 38.6 Å². The van der Waals surface area contributed by atoms with E-state index in [0.29, 0.717) is 5.69 Å². The van der Waals surface area contributed by atoms with E-state index in [1.807, 2.05) is 37.3 Å². The maximum Gasteiger partial charge on any atom is 0.257 e. The standard InChI is InChI=1S/C33H31F5N4O4S/c1-5-41(47(45)32-30(37)28(35)27(34)29(36)31(32)38)18-26(43)42(17-22-12-11-20(2)16-39-22)23-13-14-24(33(44)40(3)4)25(15-23)46-19-21-9-7-6-8-10-21/h6-16H,5,17-19H2,1-4H3. The number of likely N-dealkylation sites (N-methyl/N-ethyl adjacent to an activating group) is 1. The molecule has 0 aliphatic carbocycles. The molecule has 47 heavy (non-hydrogen) atoms. The third-order valence-electron chi connectivity index (χ3n) is 6.99. The number of carbonyl (C=O) groups excluding carboxylic acids is 2. The summed E-state index contributed by atoms with van der Waals surface area (Å²) < 4.78 is 90.6. The number of amides is 2. The van der Waals surface area contributed by atoms with E-state index in [0.717, 1.165) is 15.4 Å². The van der Waals surface area contributed by atoms with Crippen LogP contribution < -0.4 is 9.64 Å². The fraction of sp³-hybridized carbons (Fsp3) is 0.242. The average Bonchev–Trinajstić information content (AvgIpc) is 3.07. The molecule has 1 heterocycles. The summed E-state index contributed by atoms with van der Waals surface area (Å²) in [6.45, 7) is 2.16. The van der Waals surface area contributed by atoms with Gasteiger partial charge >= 0.3 is 0 Å². The lowest BCUT2D eigenvalue weighted by molar-refractivity contribution is -0.118. The number of halogens is 5. The van der Waals surface area contributed by atoms with Crippen LogP contribution in [0.3, 0.4) is 0 Å². The first-order valence-electron chi connectivity index (χ1n) is 14.3. The average molecular weight is 675 g/mol. The Morgan fingerprint density at radius 3 is 2.09 bits per heavy atom. The van der Waals surface area contributed by atoms with Crippen LogP contribution in [0, 0.1) is 36.0 Å². The van der Waals surface area contributed by atoms with Gasteiger partial charge in [-0.3, -0.25) is 14.6 Å². The van der Waals surface area contributed by atoms with E-state index in [4.69, 9.17) is 4.74 Å². The van der Waals surface area contributed by atoms with Crippen molar-refractivity contribution in [3.05, 3.63) is 118 Å². The summed E-state index contributed by atoms with van der Waals surface area (Å²) >= 11 is 0. The first-order chi connectivity index (χ1) is 22.3. The van der Waals surface area contributed by atoms with Gasteiger partial charge in [0.1, 0.15) is 28.2 Å². The molecule has 1 atom stereocenters. The zero-order chi connectivity index (χ0) is 34.4. The van der Waals surface area contributed by atoms with Gasteiger partial charge in [-0.1, -0.05) is 43.3 Å². The zero-order valence-electron chi connectivity index (χ0n) is 25.9. The number of hydrogen-bond acceptors (Lipinski definition) is 5. The van der Waals surface area contributed by atoms with Gasteiger partial charge in [-0.05, 0) is 36.2 Å². The van der Waals surface area contributed by atoms with Crippen molar-refractivity contribution < 1.29 is 40.5 Å². The maximum atomic E-state index is 14.5. The second kappa shape index (κ2) is 15.3. The van der Waals surface area contributed by atoms with Crippen molar-refractivity contribution in [3.63, 3.8) is 0 Å². The Kier molecular flexibility index (Phi) is 11.4. The number of nitrogens with zero attached hydrogens (tertiary/aromatic N) is 4. The molecular formula is C33H31F5N4O4S. The van der Waals surface area contributed by atoms with Gasteiger partial charge < -0.3 is 14.5 Å². The van der Waals surface area contributed by atoms with Crippen molar-refractivity contribution in [2.75, 3.05) is 32.1 Å². The molecule has 4 aromatic rings. The summed E-state index contributed by atoms with van der Waals surface area (Å²) in [6, 6.07) is 17.1. The molecule has 248 valence electrons. The van der Waals surface area contributed by atoms with Crippen LogP contribution >= 0.6 is 0 Å². The minimum absolute atomic E-state index is 0.0932. The Balaban J connectivity index is 1.74. The maximum absolute atomic E-state index is 14.5. The molecular weight excluding hydrogens is 643 g/mol.